The van der Waals surface area contributed by atoms with E-state index in [2.05, 4.69) is 57.3 Å². The summed E-state index contributed by atoms with van der Waals surface area (Å²) in [6, 6.07) is 10.1. The second-order valence-electron chi connectivity index (χ2n) is 7.41. The molecule has 1 aliphatic rings. The van der Waals surface area contributed by atoms with Gasteiger partial charge in [0.2, 0.25) is 0 Å². The molecule has 0 bridgehead atoms. The van der Waals surface area contributed by atoms with Crippen LogP contribution in [0.3, 0.4) is 0 Å². The summed E-state index contributed by atoms with van der Waals surface area (Å²) < 4.78 is 0. The fourth-order valence-corrected chi connectivity index (χ4v) is 3.79. The smallest absolute Gasteiger partial charge is 0.00818 e. The summed E-state index contributed by atoms with van der Waals surface area (Å²) in [5, 5.41) is 3.89. The van der Waals surface area contributed by atoms with Gasteiger partial charge in [0.15, 0.2) is 0 Å². The molecule has 0 aliphatic heterocycles. The van der Waals surface area contributed by atoms with Gasteiger partial charge < -0.3 is 5.32 Å². The summed E-state index contributed by atoms with van der Waals surface area (Å²) in [7, 11) is 0. The minimum Gasteiger partial charge on any atom is -0.311 e. The van der Waals surface area contributed by atoms with Crippen molar-refractivity contribution in [3.63, 3.8) is 0 Å². The third kappa shape index (κ3) is 5.14. The van der Waals surface area contributed by atoms with Crippen molar-refractivity contribution < 1.29 is 0 Å². The monoisotopic (exact) mass is 287 g/mol. The predicted octanol–water partition coefficient (Wildman–Crippen LogP) is 5.12. The fraction of sp³-hybridized carbons (Fsp3) is 0.700. The highest BCUT2D eigenvalue weighted by molar-refractivity contribution is 5.26. The number of rotatable bonds is 5. The van der Waals surface area contributed by atoms with Gasteiger partial charge in [-0.3, -0.25) is 0 Å². The third-order valence-corrected chi connectivity index (χ3v) is 5.26. The normalized spacial score (nSPS) is 24.8. The third-order valence-electron chi connectivity index (χ3n) is 5.26. The first-order chi connectivity index (χ1) is 10.1. The van der Waals surface area contributed by atoms with Crippen LogP contribution in [0, 0.1) is 18.8 Å². The molecule has 1 aromatic rings. The molecule has 2 rings (SSSR count). The van der Waals surface area contributed by atoms with Crippen LogP contribution < -0.4 is 5.32 Å². The van der Waals surface area contributed by atoms with Crippen LogP contribution in [0.1, 0.15) is 64.0 Å². The van der Waals surface area contributed by atoms with E-state index in [0.717, 1.165) is 24.3 Å². The summed E-state index contributed by atoms with van der Waals surface area (Å²) >= 11 is 0. The summed E-state index contributed by atoms with van der Waals surface area (Å²) in [5.74, 6) is 1.80. The maximum atomic E-state index is 3.89. The maximum absolute atomic E-state index is 3.89. The van der Waals surface area contributed by atoms with Crippen molar-refractivity contribution in [2.45, 2.75) is 78.3 Å². The molecular formula is C20H33N. The zero-order chi connectivity index (χ0) is 15.2. The Morgan fingerprint density at radius 1 is 1.05 bits per heavy atom. The molecule has 1 aliphatic carbocycles. The largest absolute Gasteiger partial charge is 0.311 e. The Labute approximate surface area is 131 Å². The van der Waals surface area contributed by atoms with Crippen LogP contribution in [0.4, 0.5) is 0 Å². The Hall–Kier alpha value is -0.820. The van der Waals surface area contributed by atoms with Crippen LogP contribution in [-0.2, 0) is 6.42 Å². The molecule has 0 amide bonds. The van der Waals surface area contributed by atoms with Crippen LogP contribution in [0.15, 0.2) is 24.3 Å². The first-order valence-electron chi connectivity index (χ1n) is 8.86. The van der Waals surface area contributed by atoms with Crippen LogP contribution in [0.25, 0.3) is 0 Å². The zero-order valence-electron chi connectivity index (χ0n) is 14.4. The van der Waals surface area contributed by atoms with Crippen molar-refractivity contribution >= 4 is 0 Å². The van der Waals surface area contributed by atoms with Gasteiger partial charge in [-0.25, -0.2) is 0 Å². The van der Waals surface area contributed by atoms with Gasteiger partial charge >= 0.3 is 0 Å². The Balaban J connectivity index is 1.82. The van der Waals surface area contributed by atoms with Crippen molar-refractivity contribution in [1.29, 1.82) is 0 Å². The molecule has 1 heteroatoms. The van der Waals surface area contributed by atoms with Crippen molar-refractivity contribution in [3.8, 4) is 0 Å². The number of nitrogens with one attached hydrogen (secondary N) is 1. The molecule has 1 fully saturated rings. The van der Waals surface area contributed by atoms with Gasteiger partial charge in [0.25, 0.3) is 0 Å². The van der Waals surface area contributed by atoms with Crippen molar-refractivity contribution in [2.24, 2.45) is 11.8 Å². The Kier molecular flexibility index (Phi) is 6.29. The summed E-state index contributed by atoms with van der Waals surface area (Å²) in [6.07, 6.45) is 8.12. The molecule has 0 saturated heterocycles. The number of aryl methyl sites for hydroxylation is 1. The predicted molar refractivity (Wildman–Crippen MR) is 92.7 cm³/mol. The lowest BCUT2D eigenvalue weighted by Gasteiger charge is -2.23. The first-order valence-corrected chi connectivity index (χ1v) is 8.86. The molecule has 0 heterocycles. The van der Waals surface area contributed by atoms with Gasteiger partial charge in [-0.2, -0.15) is 0 Å². The van der Waals surface area contributed by atoms with E-state index < -0.39 is 0 Å². The zero-order valence-corrected chi connectivity index (χ0v) is 14.4. The minimum absolute atomic E-state index is 0.576. The average molecular weight is 287 g/mol. The fourth-order valence-electron chi connectivity index (χ4n) is 3.79. The molecule has 0 spiro atoms. The van der Waals surface area contributed by atoms with E-state index in [1.165, 1.54) is 43.2 Å². The summed E-state index contributed by atoms with van der Waals surface area (Å²) in [6.45, 7) is 9.34. The molecule has 1 aromatic carbocycles. The van der Waals surface area contributed by atoms with Crippen molar-refractivity contribution in [3.05, 3.63) is 35.4 Å². The second-order valence-corrected chi connectivity index (χ2v) is 7.41. The highest BCUT2D eigenvalue weighted by Gasteiger charge is 2.21. The Bertz CT molecular complexity index is 424. The number of hydrogen-bond acceptors (Lipinski definition) is 1. The molecule has 3 atom stereocenters. The second kappa shape index (κ2) is 7.98. The van der Waals surface area contributed by atoms with E-state index in [1.807, 2.05) is 0 Å². The standard InChI is InChI=1S/C20H33N/c1-15(2)18-10-7-11-20(13-12-18)21-17(4)14-19-9-6-5-8-16(19)3/h5-6,8-9,15,17-18,20-21H,7,10-14H2,1-4H3. The number of benzene rings is 1. The van der Waals surface area contributed by atoms with Gasteiger partial charge in [-0.1, -0.05) is 51.0 Å². The highest BCUT2D eigenvalue weighted by Crippen LogP contribution is 2.29. The van der Waals surface area contributed by atoms with Gasteiger partial charge in [0, 0.05) is 12.1 Å². The molecular weight excluding hydrogens is 254 g/mol. The summed E-state index contributed by atoms with van der Waals surface area (Å²) in [5.41, 5.74) is 2.91. The van der Waals surface area contributed by atoms with E-state index >= 15 is 0 Å². The van der Waals surface area contributed by atoms with E-state index in [4.69, 9.17) is 0 Å². The molecule has 1 nitrogen and oxygen atoms in total. The molecule has 0 aromatic heterocycles. The molecule has 118 valence electrons. The van der Waals surface area contributed by atoms with E-state index in [1.54, 1.807) is 0 Å². The van der Waals surface area contributed by atoms with Crippen molar-refractivity contribution in [2.75, 3.05) is 0 Å². The molecule has 3 unspecified atom stereocenters. The van der Waals surface area contributed by atoms with Crippen LogP contribution >= 0.6 is 0 Å². The molecule has 0 radical (unpaired) electrons. The maximum Gasteiger partial charge on any atom is 0.00818 e. The van der Waals surface area contributed by atoms with Crippen LogP contribution in [0.5, 0.6) is 0 Å². The summed E-state index contributed by atoms with van der Waals surface area (Å²) in [4.78, 5) is 0. The highest BCUT2D eigenvalue weighted by atomic mass is 14.9. The quantitative estimate of drug-likeness (QED) is 0.741. The van der Waals surface area contributed by atoms with E-state index in [-0.39, 0.29) is 0 Å². The van der Waals surface area contributed by atoms with Gasteiger partial charge in [-0.15, -0.1) is 0 Å². The van der Waals surface area contributed by atoms with Crippen LogP contribution in [-0.4, -0.2) is 12.1 Å². The van der Waals surface area contributed by atoms with E-state index in [9.17, 15) is 0 Å². The first kappa shape index (κ1) is 16.5. The SMILES string of the molecule is Cc1ccccc1CC(C)NC1CCCC(C(C)C)CC1. The Morgan fingerprint density at radius 3 is 2.52 bits per heavy atom. The topological polar surface area (TPSA) is 12.0 Å². The number of hydrogen-bond donors (Lipinski definition) is 1. The average Bonchev–Trinajstić information content (AvgIpc) is 2.67. The Morgan fingerprint density at radius 2 is 1.81 bits per heavy atom. The lowest BCUT2D eigenvalue weighted by molar-refractivity contribution is 0.334. The lowest BCUT2D eigenvalue weighted by Crippen LogP contribution is -2.37. The molecule has 21 heavy (non-hydrogen) atoms. The van der Waals surface area contributed by atoms with Crippen molar-refractivity contribution in [1.82, 2.24) is 5.32 Å². The van der Waals surface area contributed by atoms with Gasteiger partial charge in [0.1, 0.15) is 0 Å². The van der Waals surface area contributed by atoms with Gasteiger partial charge in [-0.05, 0) is 62.5 Å². The van der Waals surface area contributed by atoms with E-state index in [0.29, 0.717) is 6.04 Å². The van der Waals surface area contributed by atoms with Crippen LogP contribution in [0.2, 0.25) is 0 Å². The lowest BCUT2D eigenvalue weighted by atomic mass is 9.89. The van der Waals surface area contributed by atoms with Gasteiger partial charge in [0.05, 0.1) is 0 Å². The molecule has 1 saturated carbocycles. The minimum atomic E-state index is 0.576. The molecule has 1 N–H and O–H groups in total.